The molecule has 1 aliphatic carbocycles. The topological polar surface area (TPSA) is 57.2 Å². The summed E-state index contributed by atoms with van der Waals surface area (Å²) < 4.78 is 22.7. The zero-order valence-electron chi connectivity index (χ0n) is 21.7. The zero-order chi connectivity index (χ0) is 25.8. The Morgan fingerprint density at radius 2 is 1.49 bits per heavy atom. The summed E-state index contributed by atoms with van der Waals surface area (Å²) in [6.07, 6.45) is 2.66. The average molecular weight is 500 g/mol. The molecule has 0 radical (unpaired) electrons. The third-order valence-electron chi connectivity index (χ3n) is 6.60. The summed E-state index contributed by atoms with van der Waals surface area (Å²) in [5, 5.41) is 0. The summed E-state index contributed by atoms with van der Waals surface area (Å²) >= 11 is 0. The molecule has 3 aromatic carbocycles. The van der Waals surface area contributed by atoms with E-state index in [-0.39, 0.29) is 18.7 Å². The van der Waals surface area contributed by atoms with Crippen molar-refractivity contribution < 1.29 is 23.7 Å². The summed E-state index contributed by atoms with van der Waals surface area (Å²) in [5.74, 6) is 2.87. The van der Waals surface area contributed by atoms with Crippen molar-refractivity contribution in [3.05, 3.63) is 83.4 Å². The van der Waals surface area contributed by atoms with Gasteiger partial charge in [-0.2, -0.15) is 0 Å². The van der Waals surface area contributed by atoms with Gasteiger partial charge in [-0.15, -0.1) is 0 Å². The smallest absolute Gasteiger partial charge is 0.314 e. The summed E-state index contributed by atoms with van der Waals surface area (Å²) in [5.41, 5.74) is 5.50. The fourth-order valence-electron chi connectivity index (χ4n) is 4.40. The quantitative estimate of drug-likeness (QED) is 0.193. The lowest BCUT2D eigenvalue weighted by molar-refractivity contribution is -0.135. The first kappa shape index (κ1) is 24.9. The lowest BCUT2D eigenvalue weighted by Gasteiger charge is -2.18. The van der Waals surface area contributed by atoms with E-state index in [2.05, 4.69) is 30.0 Å². The second-order valence-corrected chi connectivity index (χ2v) is 9.67. The fraction of sp³-hybridized carbons (Fsp3) is 0.323. The van der Waals surface area contributed by atoms with Gasteiger partial charge in [0.2, 0.25) is 6.79 Å². The molecule has 0 saturated heterocycles. The molecule has 3 aromatic rings. The SMILES string of the molecule is CCC(=C(c1ccc(OCCN(C)C)cc1)c1ccc(OC(=O)C2CC2)cc1)c1ccc2c(c1)OCO2. The molecule has 0 N–H and O–H groups in total. The van der Waals surface area contributed by atoms with Crippen LogP contribution in [0, 0.1) is 5.92 Å². The van der Waals surface area contributed by atoms with E-state index < -0.39 is 0 Å². The number of likely N-dealkylation sites (N-methyl/N-ethyl adjacent to an activating group) is 1. The Morgan fingerprint density at radius 3 is 2.11 bits per heavy atom. The molecule has 1 heterocycles. The van der Waals surface area contributed by atoms with Crippen LogP contribution in [-0.2, 0) is 4.79 Å². The van der Waals surface area contributed by atoms with Crippen molar-refractivity contribution in [2.45, 2.75) is 26.2 Å². The van der Waals surface area contributed by atoms with E-state index >= 15 is 0 Å². The van der Waals surface area contributed by atoms with Gasteiger partial charge >= 0.3 is 5.97 Å². The highest BCUT2D eigenvalue weighted by Gasteiger charge is 2.31. The van der Waals surface area contributed by atoms with E-state index in [4.69, 9.17) is 18.9 Å². The van der Waals surface area contributed by atoms with Crippen LogP contribution in [0.3, 0.4) is 0 Å². The van der Waals surface area contributed by atoms with E-state index in [0.717, 1.165) is 65.3 Å². The molecule has 0 aromatic heterocycles. The van der Waals surface area contributed by atoms with Gasteiger partial charge in [-0.1, -0.05) is 37.3 Å². The normalized spacial score (nSPS) is 14.9. The van der Waals surface area contributed by atoms with Crippen molar-refractivity contribution in [3.63, 3.8) is 0 Å². The lowest BCUT2D eigenvalue weighted by Crippen LogP contribution is -2.19. The Hall–Kier alpha value is -3.77. The molecule has 192 valence electrons. The molecule has 0 atom stereocenters. The van der Waals surface area contributed by atoms with Crippen LogP contribution in [-0.4, -0.2) is 44.9 Å². The maximum Gasteiger partial charge on any atom is 0.314 e. The minimum Gasteiger partial charge on any atom is -0.492 e. The number of nitrogens with zero attached hydrogens (tertiary/aromatic N) is 1. The monoisotopic (exact) mass is 499 g/mol. The van der Waals surface area contributed by atoms with Crippen LogP contribution < -0.4 is 18.9 Å². The van der Waals surface area contributed by atoms with Gasteiger partial charge in [-0.05, 0) is 97.6 Å². The van der Waals surface area contributed by atoms with Gasteiger partial charge < -0.3 is 23.8 Å². The number of ether oxygens (including phenoxy) is 4. The van der Waals surface area contributed by atoms with Gasteiger partial charge in [0, 0.05) is 6.54 Å². The minimum atomic E-state index is -0.136. The van der Waals surface area contributed by atoms with E-state index in [1.165, 1.54) is 5.57 Å². The number of hydrogen-bond donors (Lipinski definition) is 0. The van der Waals surface area contributed by atoms with Crippen LogP contribution in [0.1, 0.15) is 42.9 Å². The van der Waals surface area contributed by atoms with Gasteiger partial charge in [0.1, 0.15) is 18.1 Å². The molecule has 6 heteroatoms. The highest BCUT2D eigenvalue weighted by molar-refractivity contribution is 5.99. The Labute approximate surface area is 218 Å². The minimum absolute atomic E-state index is 0.0614. The maximum absolute atomic E-state index is 12.1. The Morgan fingerprint density at radius 1 is 0.865 bits per heavy atom. The first-order valence-corrected chi connectivity index (χ1v) is 12.8. The Kier molecular flexibility index (Phi) is 7.47. The second-order valence-electron chi connectivity index (χ2n) is 9.67. The summed E-state index contributed by atoms with van der Waals surface area (Å²) in [6.45, 7) is 3.89. The molecule has 0 spiro atoms. The van der Waals surface area contributed by atoms with E-state index in [9.17, 15) is 4.79 Å². The Bertz CT molecular complexity index is 1270. The van der Waals surface area contributed by atoms with Crippen molar-refractivity contribution in [1.29, 1.82) is 0 Å². The van der Waals surface area contributed by atoms with Crippen LogP contribution in [0.25, 0.3) is 11.1 Å². The van der Waals surface area contributed by atoms with Gasteiger partial charge in [0.25, 0.3) is 0 Å². The molecular weight excluding hydrogens is 466 g/mol. The third-order valence-corrected chi connectivity index (χ3v) is 6.60. The van der Waals surface area contributed by atoms with E-state index in [1.54, 1.807) is 0 Å². The molecule has 0 unspecified atom stereocenters. The van der Waals surface area contributed by atoms with Crippen LogP contribution in [0.5, 0.6) is 23.0 Å². The van der Waals surface area contributed by atoms with Crippen LogP contribution in [0.2, 0.25) is 0 Å². The summed E-state index contributed by atoms with van der Waals surface area (Å²) in [6, 6.07) is 22.1. The number of carbonyl (C=O) groups is 1. The van der Waals surface area contributed by atoms with Crippen molar-refractivity contribution in [3.8, 4) is 23.0 Å². The Balaban J connectivity index is 1.50. The van der Waals surface area contributed by atoms with Gasteiger partial charge in [0.05, 0.1) is 5.92 Å². The van der Waals surface area contributed by atoms with Gasteiger partial charge in [-0.25, -0.2) is 0 Å². The standard InChI is InChI=1S/C31H33NO5/c1-4-27(24-11-16-28-29(19-24)36-20-35-28)30(21-7-12-25(13-8-21)34-18-17-32(2)3)22-9-14-26(15-10-22)37-31(33)23-5-6-23/h7-16,19,23H,4-6,17-18,20H2,1-3H3. The first-order chi connectivity index (χ1) is 18.0. The fourth-order valence-corrected chi connectivity index (χ4v) is 4.40. The highest BCUT2D eigenvalue weighted by atomic mass is 16.7. The number of fused-ring (bicyclic) bond motifs is 1. The first-order valence-electron chi connectivity index (χ1n) is 12.8. The van der Waals surface area contributed by atoms with E-state index in [0.29, 0.717) is 12.4 Å². The van der Waals surface area contributed by atoms with Crippen LogP contribution in [0.4, 0.5) is 0 Å². The van der Waals surface area contributed by atoms with Crippen LogP contribution >= 0.6 is 0 Å². The molecule has 37 heavy (non-hydrogen) atoms. The van der Waals surface area contributed by atoms with Crippen molar-refractivity contribution in [2.24, 2.45) is 5.92 Å². The number of rotatable bonds is 10. The maximum atomic E-state index is 12.1. The zero-order valence-corrected chi connectivity index (χ0v) is 21.7. The third kappa shape index (κ3) is 5.97. The molecule has 1 aliphatic heterocycles. The predicted octanol–water partition coefficient (Wildman–Crippen LogP) is 6.04. The molecule has 1 saturated carbocycles. The lowest BCUT2D eigenvalue weighted by atomic mass is 9.88. The van der Waals surface area contributed by atoms with Crippen molar-refractivity contribution >= 4 is 17.1 Å². The number of allylic oxidation sites excluding steroid dienone is 1. The van der Waals surface area contributed by atoms with Crippen LogP contribution in [0.15, 0.2) is 66.7 Å². The number of hydrogen-bond acceptors (Lipinski definition) is 6. The molecule has 0 amide bonds. The molecule has 0 bridgehead atoms. The second kappa shape index (κ2) is 11.1. The van der Waals surface area contributed by atoms with Crippen molar-refractivity contribution in [1.82, 2.24) is 4.90 Å². The molecule has 1 fully saturated rings. The molecule has 6 nitrogen and oxygen atoms in total. The predicted molar refractivity (Wildman–Crippen MR) is 144 cm³/mol. The molecular formula is C31H33NO5. The number of esters is 1. The van der Waals surface area contributed by atoms with Gasteiger partial charge in [-0.3, -0.25) is 4.79 Å². The van der Waals surface area contributed by atoms with Gasteiger partial charge in [0.15, 0.2) is 11.5 Å². The molecule has 5 rings (SSSR count). The van der Waals surface area contributed by atoms with Crippen molar-refractivity contribution in [2.75, 3.05) is 34.0 Å². The number of benzene rings is 3. The average Bonchev–Trinajstić information content (AvgIpc) is 3.66. The summed E-state index contributed by atoms with van der Waals surface area (Å²) in [4.78, 5) is 14.2. The summed E-state index contributed by atoms with van der Waals surface area (Å²) in [7, 11) is 4.06. The molecule has 2 aliphatic rings. The number of carbonyl (C=O) groups excluding carboxylic acids is 1. The van der Waals surface area contributed by atoms with E-state index in [1.807, 2.05) is 62.6 Å². The largest absolute Gasteiger partial charge is 0.492 e. The highest BCUT2D eigenvalue weighted by Crippen LogP contribution is 2.40.